The zero-order valence-electron chi connectivity index (χ0n) is 15.9. The molecule has 1 heterocycles. The Bertz CT molecular complexity index is 1140. The summed E-state index contributed by atoms with van der Waals surface area (Å²) < 4.78 is 6.58. The highest BCUT2D eigenvalue weighted by molar-refractivity contribution is 6.04. The Morgan fingerprint density at radius 3 is 2.62 bits per heavy atom. The first-order valence-electron chi connectivity index (χ1n) is 8.78. The van der Waals surface area contributed by atoms with Crippen molar-refractivity contribution in [1.82, 2.24) is 4.57 Å². The van der Waals surface area contributed by atoms with Crippen LogP contribution in [0.15, 0.2) is 65.6 Å². The Morgan fingerprint density at radius 1 is 1.17 bits per heavy atom. The average molecular weight is 393 g/mol. The van der Waals surface area contributed by atoms with Crippen LogP contribution in [0.1, 0.15) is 21.5 Å². The van der Waals surface area contributed by atoms with Gasteiger partial charge in [0, 0.05) is 12.3 Å². The molecule has 2 aromatic carbocycles. The van der Waals surface area contributed by atoms with E-state index in [1.54, 1.807) is 12.3 Å². The van der Waals surface area contributed by atoms with Crippen molar-refractivity contribution in [1.29, 1.82) is 0 Å². The van der Waals surface area contributed by atoms with Gasteiger partial charge in [0.2, 0.25) is 0 Å². The van der Waals surface area contributed by atoms with E-state index in [0.717, 1.165) is 11.1 Å². The summed E-state index contributed by atoms with van der Waals surface area (Å²) in [6, 6.07) is 14.6. The Kier molecular flexibility index (Phi) is 5.73. The van der Waals surface area contributed by atoms with Crippen molar-refractivity contribution in [3.05, 3.63) is 98.0 Å². The average Bonchev–Trinajstić information content (AvgIpc) is 2.71. The lowest BCUT2D eigenvalue weighted by Gasteiger charge is -2.12. The zero-order valence-corrected chi connectivity index (χ0v) is 15.9. The van der Waals surface area contributed by atoms with Gasteiger partial charge in [-0.05, 0) is 36.2 Å². The topological polar surface area (TPSA) is 103 Å². The number of aromatic nitrogens is 1. The second-order valence-electron chi connectivity index (χ2n) is 6.38. The maximum absolute atomic E-state index is 12.8. The Balaban J connectivity index is 1.88. The molecule has 0 saturated heterocycles. The summed E-state index contributed by atoms with van der Waals surface area (Å²) in [5, 5.41) is 13.5. The molecule has 0 saturated carbocycles. The highest BCUT2D eigenvalue weighted by Crippen LogP contribution is 2.29. The van der Waals surface area contributed by atoms with Crippen LogP contribution < -0.4 is 15.6 Å². The van der Waals surface area contributed by atoms with E-state index < -0.39 is 16.4 Å². The summed E-state index contributed by atoms with van der Waals surface area (Å²) in [6.07, 6.45) is 1.62. The third-order valence-electron chi connectivity index (χ3n) is 4.51. The number of rotatable bonds is 6. The highest BCUT2D eigenvalue weighted by atomic mass is 16.6. The summed E-state index contributed by atoms with van der Waals surface area (Å²) in [6.45, 7) is 2.30. The quantitative estimate of drug-likeness (QED) is 0.511. The molecule has 0 bridgehead atoms. The first-order chi connectivity index (χ1) is 13.9. The molecule has 3 rings (SSSR count). The Morgan fingerprint density at radius 2 is 1.93 bits per heavy atom. The van der Waals surface area contributed by atoms with Crippen LogP contribution in [0.5, 0.6) is 5.75 Å². The fourth-order valence-electron chi connectivity index (χ4n) is 2.89. The van der Waals surface area contributed by atoms with E-state index in [1.807, 2.05) is 31.2 Å². The Labute approximate surface area is 166 Å². The molecule has 8 heteroatoms. The van der Waals surface area contributed by atoms with Gasteiger partial charge in [-0.3, -0.25) is 19.7 Å². The number of carbonyl (C=O) groups excluding carboxylic acids is 1. The maximum atomic E-state index is 12.8. The van der Waals surface area contributed by atoms with Crippen LogP contribution in [0.4, 0.5) is 11.4 Å². The van der Waals surface area contributed by atoms with Crippen molar-refractivity contribution in [2.45, 2.75) is 13.5 Å². The number of hydrogen-bond donors (Lipinski definition) is 1. The number of ether oxygens (including phenoxy) is 1. The van der Waals surface area contributed by atoms with E-state index in [2.05, 4.69) is 5.32 Å². The molecule has 29 heavy (non-hydrogen) atoms. The van der Waals surface area contributed by atoms with Crippen molar-refractivity contribution in [2.24, 2.45) is 0 Å². The third kappa shape index (κ3) is 4.32. The summed E-state index contributed by atoms with van der Waals surface area (Å²) in [5.41, 5.74) is 1.61. The smallest absolute Gasteiger partial charge is 0.273 e. The van der Waals surface area contributed by atoms with Crippen LogP contribution in [-0.2, 0) is 6.54 Å². The van der Waals surface area contributed by atoms with Crippen molar-refractivity contribution >= 4 is 17.3 Å². The molecule has 0 aliphatic rings. The predicted molar refractivity (Wildman–Crippen MR) is 109 cm³/mol. The second-order valence-corrected chi connectivity index (χ2v) is 6.38. The minimum Gasteiger partial charge on any atom is -0.494 e. The monoisotopic (exact) mass is 393 g/mol. The van der Waals surface area contributed by atoms with E-state index in [-0.39, 0.29) is 22.7 Å². The lowest BCUT2D eigenvalue weighted by Crippen LogP contribution is -2.29. The van der Waals surface area contributed by atoms with Gasteiger partial charge in [0.25, 0.3) is 17.2 Å². The van der Waals surface area contributed by atoms with Crippen molar-refractivity contribution in [3.63, 3.8) is 0 Å². The molecule has 0 atom stereocenters. The summed E-state index contributed by atoms with van der Waals surface area (Å²) in [5.74, 6) is -0.495. The molecular formula is C21H19N3O5. The molecule has 1 aromatic heterocycles. The molecule has 0 radical (unpaired) electrons. The van der Waals surface area contributed by atoms with Gasteiger partial charge in [0.15, 0.2) is 0 Å². The lowest BCUT2D eigenvalue weighted by atomic mass is 10.1. The molecule has 0 fully saturated rings. The number of benzene rings is 2. The third-order valence-corrected chi connectivity index (χ3v) is 4.51. The first-order valence-corrected chi connectivity index (χ1v) is 8.78. The van der Waals surface area contributed by atoms with Gasteiger partial charge in [-0.15, -0.1) is 0 Å². The number of hydrogen-bond acceptors (Lipinski definition) is 5. The van der Waals surface area contributed by atoms with E-state index in [0.29, 0.717) is 6.54 Å². The van der Waals surface area contributed by atoms with Crippen LogP contribution in [0.2, 0.25) is 0 Å². The second kappa shape index (κ2) is 8.39. The van der Waals surface area contributed by atoms with Gasteiger partial charge in [0.1, 0.15) is 11.3 Å². The summed E-state index contributed by atoms with van der Waals surface area (Å²) >= 11 is 0. The number of anilines is 1. The van der Waals surface area contributed by atoms with Gasteiger partial charge in [0.05, 0.1) is 30.3 Å². The molecule has 1 amide bonds. The van der Waals surface area contributed by atoms with Crippen molar-refractivity contribution < 1.29 is 14.5 Å². The van der Waals surface area contributed by atoms with Gasteiger partial charge in [-0.25, -0.2) is 0 Å². The van der Waals surface area contributed by atoms with Crippen LogP contribution >= 0.6 is 0 Å². The number of aryl methyl sites for hydroxylation is 1. The molecule has 1 N–H and O–H groups in total. The van der Waals surface area contributed by atoms with Crippen LogP contribution in [0, 0.1) is 17.0 Å². The van der Waals surface area contributed by atoms with Crippen molar-refractivity contribution in [3.8, 4) is 5.75 Å². The molecule has 3 aromatic rings. The van der Waals surface area contributed by atoms with Crippen LogP contribution in [0.3, 0.4) is 0 Å². The van der Waals surface area contributed by atoms with E-state index >= 15 is 0 Å². The SMILES string of the molecule is COc1cc([N+](=O)[O-])ccc1NC(=O)c1cccn(Cc2ccccc2C)c1=O. The number of pyridine rings is 1. The molecular weight excluding hydrogens is 374 g/mol. The highest BCUT2D eigenvalue weighted by Gasteiger charge is 2.17. The first kappa shape index (κ1) is 19.8. The van der Waals surface area contributed by atoms with Crippen LogP contribution in [0.25, 0.3) is 0 Å². The van der Waals surface area contributed by atoms with Gasteiger partial charge in [-0.1, -0.05) is 24.3 Å². The number of nitrogens with one attached hydrogen (secondary N) is 1. The molecule has 8 nitrogen and oxygen atoms in total. The van der Waals surface area contributed by atoms with E-state index in [4.69, 9.17) is 4.74 Å². The summed E-state index contributed by atoms with van der Waals surface area (Å²) in [7, 11) is 1.34. The number of carbonyl (C=O) groups is 1. The zero-order chi connectivity index (χ0) is 21.0. The normalized spacial score (nSPS) is 10.4. The molecule has 0 aliphatic heterocycles. The maximum Gasteiger partial charge on any atom is 0.273 e. The van der Waals surface area contributed by atoms with Crippen molar-refractivity contribution in [2.75, 3.05) is 12.4 Å². The molecule has 0 unspecified atom stereocenters. The fraction of sp³-hybridized carbons (Fsp3) is 0.143. The van der Waals surface area contributed by atoms with Gasteiger partial charge in [-0.2, -0.15) is 0 Å². The fourth-order valence-corrected chi connectivity index (χ4v) is 2.89. The Hall–Kier alpha value is -3.94. The van der Waals surface area contributed by atoms with Gasteiger partial charge >= 0.3 is 0 Å². The molecule has 0 aliphatic carbocycles. The standard InChI is InChI=1S/C21H19N3O5/c1-14-6-3-4-7-15(14)13-23-11-5-8-17(21(23)26)20(25)22-18-10-9-16(24(27)28)12-19(18)29-2/h3-12H,13H2,1-2H3,(H,22,25). The van der Waals surface area contributed by atoms with E-state index in [1.165, 1.54) is 35.9 Å². The minimum atomic E-state index is -0.624. The molecule has 0 spiro atoms. The van der Waals surface area contributed by atoms with Gasteiger partial charge < -0.3 is 14.6 Å². The number of amides is 1. The number of nitrogens with zero attached hydrogens (tertiary/aromatic N) is 2. The number of nitro groups is 1. The van der Waals surface area contributed by atoms with E-state index in [9.17, 15) is 19.7 Å². The molecule has 148 valence electrons. The van der Waals surface area contributed by atoms with Crippen LogP contribution in [-0.4, -0.2) is 22.5 Å². The number of non-ortho nitro benzene ring substituents is 1. The lowest BCUT2D eigenvalue weighted by molar-refractivity contribution is -0.384. The number of methoxy groups -OCH3 is 1. The minimum absolute atomic E-state index is 0.0403. The number of nitro benzene ring substituents is 1. The summed E-state index contributed by atoms with van der Waals surface area (Å²) in [4.78, 5) is 35.8. The largest absolute Gasteiger partial charge is 0.494 e. The predicted octanol–water partition coefficient (Wildman–Crippen LogP) is 3.37.